The van der Waals surface area contributed by atoms with E-state index in [0.29, 0.717) is 12.3 Å². The van der Waals surface area contributed by atoms with Gasteiger partial charge in [0, 0.05) is 13.1 Å². The molecule has 2 amide bonds. The van der Waals surface area contributed by atoms with Crippen molar-refractivity contribution in [3.8, 4) is 0 Å². The van der Waals surface area contributed by atoms with Crippen molar-refractivity contribution < 1.29 is 19.1 Å². The van der Waals surface area contributed by atoms with E-state index in [0.717, 1.165) is 5.56 Å². The molecule has 6 nitrogen and oxygen atoms in total. The Hall–Kier alpha value is -2.12. The Bertz CT molecular complexity index is 566. The zero-order valence-corrected chi connectivity index (χ0v) is 12.1. The van der Waals surface area contributed by atoms with Gasteiger partial charge < -0.3 is 20.2 Å². The minimum Gasteiger partial charge on any atom is -0.467 e. The van der Waals surface area contributed by atoms with Crippen molar-refractivity contribution in [3.63, 3.8) is 0 Å². The van der Waals surface area contributed by atoms with Gasteiger partial charge in [-0.1, -0.05) is 0 Å². The fraction of sp³-hybridized carbons (Fsp3) is 0.286. The van der Waals surface area contributed by atoms with E-state index in [1.54, 1.807) is 12.1 Å². The van der Waals surface area contributed by atoms with Crippen LogP contribution in [0.5, 0.6) is 0 Å². The molecule has 2 heterocycles. The Morgan fingerprint density at radius 1 is 1.29 bits per heavy atom. The molecule has 21 heavy (non-hydrogen) atoms. The van der Waals surface area contributed by atoms with Crippen LogP contribution >= 0.6 is 11.3 Å². The fourth-order valence-corrected chi connectivity index (χ4v) is 2.35. The van der Waals surface area contributed by atoms with E-state index < -0.39 is 17.9 Å². The number of furan rings is 1. The van der Waals surface area contributed by atoms with Gasteiger partial charge in [0.15, 0.2) is 0 Å². The number of nitrogens with one attached hydrogen (secondary N) is 2. The second-order valence-electron chi connectivity index (χ2n) is 4.39. The smallest absolute Gasteiger partial charge is 0.309 e. The van der Waals surface area contributed by atoms with E-state index in [1.807, 2.05) is 16.8 Å². The first-order valence-electron chi connectivity index (χ1n) is 6.45. The molecule has 0 spiro atoms. The molecule has 7 heteroatoms. The van der Waals surface area contributed by atoms with Crippen LogP contribution in [0.15, 0.2) is 39.6 Å². The van der Waals surface area contributed by atoms with Crippen LogP contribution in [-0.2, 0) is 16.1 Å². The maximum absolute atomic E-state index is 11.5. The van der Waals surface area contributed by atoms with Crippen molar-refractivity contribution >= 4 is 23.2 Å². The lowest BCUT2D eigenvalue weighted by molar-refractivity contribution is -0.139. The number of aliphatic hydroxyl groups is 1. The summed E-state index contributed by atoms with van der Waals surface area (Å²) in [5, 5.41) is 18.5. The predicted octanol–water partition coefficient (Wildman–Crippen LogP) is 1.20. The van der Waals surface area contributed by atoms with E-state index in [9.17, 15) is 14.7 Å². The average Bonchev–Trinajstić information content (AvgIpc) is 3.17. The van der Waals surface area contributed by atoms with Crippen LogP contribution in [0, 0.1) is 0 Å². The molecule has 0 aliphatic rings. The minimum atomic E-state index is -0.797. The van der Waals surface area contributed by atoms with Crippen LogP contribution in [0.25, 0.3) is 0 Å². The van der Waals surface area contributed by atoms with Crippen molar-refractivity contribution in [2.75, 3.05) is 6.54 Å². The summed E-state index contributed by atoms with van der Waals surface area (Å²) in [6.07, 6.45) is 0.945. The minimum absolute atomic E-state index is 0.187. The molecule has 2 aromatic heterocycles. The highest BCUT2D eigenvalue weighted by Gasteiger charge is 2.14. The summed E-state index contributed by atoms with van der Waals surface area (Å²) in [5.41, 5.74) is 0.953. The van der Waals surface area contributed by atoms with Gasteiger partial charge in [-0.15, -0.1) is 0 Å². The zero-order chi connectivity index (χ0) is 15.1. The molecule has 0 bridgehead atoms. The van der Waals surface area contributed by atoms with Crippen molar-refractivity contribution in [2.24, 2.45) is 0 Å². The predicted molar refractivity (Wildman–Crippen MR) is 77.5 cm³/mol. The van der Waals surface area contributed by atoms with E-state index in [2.05, 4.69) is 10.6 Å². The summed E-state index contributed by atoms with van der Waals surface area (Å²) in [5.74, 6) is -0.961. The number of thiophene rings is 1. The summed E-state index contributed by atoms with van der Waals surface area (Å²) in [4.78, 5) is 23.1. The maximum atomic E-state index is 11.5. The summed E-state index contributed by atoms with van der Waals surface area (Å²) in [7, 11) is 0. The van der Waals surface area contributed by atoms with E-state index >= 15 is 0 Å². The van der Waals surface area contributed by atoms with E-state index in [-0.39, 0.29) is 13.0 Å². The van der Waals surface area contributed by atoms with E-state index in [4.69, 9.17) is 4.42 Å². The van der Waals surface area contributed by atoms with Gasteiger partial charge in [-0.25, -0.2) is 0 Å². The standard InChI is InChI=1S/C14H16N2O4S/c17-11(12-2-1-6-20-12)3-5-15-13(18)14(19)16-8-10-4-7-21-9-10/h1-2,4,6-7,9,11,17H,3,5,8H2,(H,15,18)(H,16,19). The van der Waals surface area contributed by atoms with Crippen molar-refractivity contribution in [1.29, 1.82) is 0 Å². The molecular formula is C14H16N2O4S. The quantitative estimate of drug-likeness (QED) is 0.699. The molecule has 0 aromatic carbocycles. The maximum Gasteiger partial charge on any atom is 0.309 e. The molecule has 2 aromatic rings. The second-order valence-corrected chi connectivity index (χ2v) is 5.17. The third-order valence-corrected chi connectivity index (χ3v) is 3.55. The van der Waals surface area contributed by atoms with Crippen LogP contribution in [0.3, 0.4) is 0 Å². The number of hydrogen-bond donors (Lipinski definition) is 3. The second kappa shape index (κ2) is 7.61. The normalized spacial score (nSPS) is 11.9. The van der Waals surface area contributed by atoms with Gasteiger partial charge in [-0.2, -0.15) is 11.3 Å². The summed E-state index contributed by atoms with van der Waals surface area (Å²) >= 11 is 1.53. The highest BCUT2D eigenvalue weighted by Crippen LogP contribution is 2.15. The number of rotatable bonds is 6. The van der Waals surface area contributed by atoms with Crippen LogP contribution in [0.4, 0.5) is 0 Å². The molecule has 3 N–H and O–H groups in total. The third kappa shape index (κ3) is 4.73. The number of aliphatic hydroxyl groups excluding tert-OH is 1. The first kappa shape index (κ1) is 15.3. The highest BCUT2D eigenvalue weighted by atomic mass is 32.1. The van der Waals surface area contributed by atoms with Crippen LogP contribution in [0.1, 0.15) is 23.8 Å². The molecule has 0 saturated carbocycles. The first-order chi connectivity index (χ1) is 10.2. The topological polar surface area (TPSA) is 91.6 Å². The summed E-state index contributed by atoms with van der Waals surface area (Å²) in [6, 6.07) is 5.21. The van der Waals surface area contributed by atoms with Gasteiger partial charge in [0.2, 0.25) is 0 Å². The first-order valence-corrected chi connectivity index (χ1v) is 7.39. The van der Waals surface area contributed by atoms with Crippen LogP contribution in [-0.4, -0.2) is 23.5 Å². The monoisotopic (exact) mass is 308 g/mol. The van der Waals surface area contributed by atoms with Crippen molar-refractivity contribution in [2.45, 2.75) is 19.1 Å². The number of carbonyl (C=O) groups excluding carboxylic acids is 2. The molecule has 112 valence electrons. The summed E-state index contributed by atoms with van der Waals surface area (Å²) in [6.45, 7) is 0.511. The average molecular weight is 308 g/mol. The molecule has 0 aliphatic heterocycles. The Kier molecular flexibility index (Phi) is 5.53. The number of amides is 2. The molecule has 1 atom stereocenters. The fourth-order valence-electron chi connectivity index (χ4n) is 1.68. The summed E-state index contributed by atoms with van der Waals surface area (Å²) < 4.78 is 5.04. The largest absolute Gasteiger partial charge is 0.467 e. The van der Waals surface area contributed by atoms with Crippen LogP contribution < -0.4 is 10.6 Å². The molecule has 1 unspecified atom stereocenters. The molecule has 0 fully saturated rings. The lowest BCUT2D eigenvalue weighted by Gasteiger charge is -2.09. The van der Waals surface area contributed by atoms with Crippen LogP contribution in [0.2, 0.25) is 0 Å². The zero-order valence-electron chi connectivity index (χ0n) is 11.2. The molecule has 2 rings (SSSR count). The van der Waals surface area contributed by atoms with Gasteiger partial charge in [0.25, 0.3) is 0 Å². The molecule has 0 aliphatic carbocycles. The van der Waals surface area contributed by atoms with Crippen molar-refractivity contribution in [1.82, 2.24) is 10.6 Å². The lowest BCUT2D eigenvalue weighted by atomic mass is 10.2. The highest BCUT2D eigenvalue weighted by molar-refractivity contribution is 7.07. The number of carbonyl (C=O) groups is 2. The Morgan fingerprint density at radius 2 is 2.10 bits per heavy atom. The Balaban J connectivity index is 1.65. The molecule has 0 radical (unpaired) electrons. The van der Waals surface area contributed by atoms with Gasteiger partial charge in [-0.3, -0.25) is 9.59 Å². The van der Waals surface area contributed by atoms with Gasteiger partial charge in [0.1, 0.15) is 11.9 Å². The molecule has 0 saturated heterocycles. The SMILES string of the molecule is O=C(NCCC(O)c1ccco1)C(=O)NCc1ccsc1. The van der Waals surface area contributed by atoms with E-state index in [1.165, 1.54) is 17.6 Å². The lowest BCUT2D eigenvalue weighted by Crippen LogP contribution is -2.40. The number of hydrogen-bond acceptors (Lipinski definition) is 5. The van der Waals surface area contributed by atoms with Crippen molar-refractivity contribution in [3.05, 3.63) is 46.5 Å². The third-order valence-electron chi connectivity index (χ3n) is 2.81. The van der Waals surface area contributed by atoms with Gasteiger partial charge in [0.05, 0.1) is 6.26 Å². The van der Waals surface area contributed by atoms with Gasteiger partial charge in [-0.05, 0) is 40.9 Å². The Labute approximate surface area is 125 Å². The van der Waals surface area contributed by atoms with Gasteiger partial charge >= 0.3 is 11.8 Å². The Morgan fingerprint density at radius 3 is 2.76 bits per heavy atom. The molecular weight excluding hydrogens is 292 g/mol.